The zero-order chi connectivity index (χ0) is 33.4. The fourth-order valence-electron chi connectivity index (χ4n) is 5.78. The predicted molar refractivity (Wildman–Crippen MR) is 175 cm³/mol. The molecule has 2 fully saturated rings. The second kappa shape index (κ2) is 15.9. The van der Waals surface area contributed by atoms with Crippen molar-refractivity contribution in [3.05, 3.63) is 90.0 Å². The molecule has 5 atom stereocenters. The molecule has 2 aliphatic heterocycles. The molecule has 2 aliphatic rings. The summed E-state index contributed by atoms with van der Waals surface area (Å²) in [6.07, 6.45) is -1.92. The van der Waals surface area contributed by atoms with Gasteiger partial charge in [-0.05, 0) is 66.3 Å². The van der Waals surface area contributed by atoms with Gasteiger partial charge in [0.15, 0.2) is 6.29 Å². The molecule has 12 heteroatoms. The molecule has 0 saturated carbocycles. The van der Waals surface area contributed by atoms with Crippen molar-refractivity contribution < 1.29 is 42.0 Å². The number of aliphatic hydroxyl groups is 1. The van der Waals surface area contributed by atoms with Crippen molar-refractivity contribution in [1.82, 2.24) is 9.62 Å². The average molecular weight is 669 g/mol. The van der Waals surface area contributed by atoms with Crippen LogP contribution in [-0.2, 0) is 37.3 Å². The van der Waals surface area contributed by atoms with E-state index in [-0.39, 0.29) is 49.1 Å². The number of nitrogens with one attached hydrogen (secondary N) is 1. The molecule has 2 heterocycles. The van der Waals surface area contributed by atoms with Crippen LogP contribution in [-0.4, -0.2) is 81.9 Å². The Kier molecular flexibility index (Phi) is 11.8. The highest BCUT2D eigenvalue weighted by atomic mass is 32.2. The lowest BCUT2D eigenvalue weighted by atomic mass is 10.0. The minimum Gasteiger partial charge on any atom is -0.497 e. The van der Waals surface area contributed by atoms with Crippen LogP contribution in [0.2, 0.25) is 0 Å². The van der Waals surface area contributed by atoms with Gasteiger partial charge in [0.05, 0.1) is 43.3 Å². The molecule has 11 nitrogen and oxygen atoms in total. The summed E-state index contributed by atoms with van der Waals surface area (Å²) in [5.74, 6) is 1.12. The van der Waals surface area contributed by atoms with E-state index in [9.17, 15) is 18.3 Å². The number of benzene rings is 3. The van der Waals surface area contributed by atoms with Crippen molar-refractivity contribution in [3.63, 3.8) is 0 Å². The Morgan fingerprint density at radius 3 is 2.34 bits per heavy atom. The van der Waals surface area contributed by atoms with Gasteiger partial charge in [0.1, 0.15) is 24.2 Å². The van der Waals surface area contributed by atoms with Gasteiger partial charge in [-0.2, -0.15) is 4.31 Å². The maximum absolute atomic E-state index is 13.8. The van der Waals surface area contributed by atoms with Gasteiger partial charge in [0, 0.05) is 13.1 Å². The van der Waals surface area contributed by atoms with E-state index >= 15 is 0 Å². The first-order valence-electron chi connectivity index (χ1n) is 15.9. The summed E-state index contributed by atoms with van der Waals surface area (Å²) in [4.78, 5) is 13.3. The van der Waals surface area contributed by atoms with Gasteiger partial charge in [-0.25, -0.2) is 13.2 Å². The smallest absolute Gasteiger partial charge is 0.407 e. The van der Waals surface area contributed by atoms with E-state index in [1.165, 1.54) is 23.5 Å². The molecule has 0 aromatic heterocycles. The van der Waals surface area contributed by atoms with Crippen LogP contribution in [0, 0.1) is 11.8 Å². The number of sulfonamides is 1. The van der Waals surface area contributed by atoms with Gasteiger partial charge in [-0.3, -0.25) is 0 Å². The van der Waals surface area contributed by atoms with Crippen LogP contribution < -0.4 is 14.8 Å². The molecule has 2 saturated heterocycles. The third kappa shape index (κ3) is 9.23. The Bertz CT molecular complexity index is 1540. The predicted octanol–water partition coefficient (Wildman–Crippen LogP) is 4.38. The number of amides is 1. The van der Waals surface area contributed by atoms with E-state index in [0.29, 0.717) is 24.7 Å². The molecule has 0 radical (unpaired) electrons. The van der Waals surface area contributed by atoms with Gasteiger partial charge < -0.3 is 34.1 Å². The second-order valence-electron chi connectivity index (χ2n) is 12.3. The number of hydrogen-bond acceptors (Lipinski definition) is 9. The maximum atomic E-state index is 13.8. The van der Waals surface area contributed by atoms with Gasteiger partial charge in [-0.15, -0.1) is 0 Å². The minimum atomic E-state index is -3.99. The lowest BCUT2D eigenvalue weighted by molar-refractivity contribution is -0.0907. The number of carbonyl (C=O) groups excluding carboxylic acids is 1. The summed E-state index contributed by atoms with van der Waals surface area (Å²) in [7, 11) is -2.48. The maximum Gasteiger partial charge on any atom is 0.407 e. The third-order valence-electron chi connectivity index (χ3n) is 8.30. The van der Waals surface area contributed by atoms with E-state index in [1.807, 2.05) is 68.4 Å². The second-order valence-corrected chi connectivity index (χ2v) is 14.2. The summed E-state index contributed by atoms with van der Waals surface area (Å²) in [6.45, 7) is 4.91. The van der Waals surface area contributed by atoms with Crippen molar-refractivity contribution in [1.29, 1.82) is 0 Å². The van der Waals surface area contributed by atoms with Crippen LogP contribution in [0.3, 0.4) is 0 Å². The van der Waals surface area contributed by atoms with E-state index in [4.69, 9.17) is 23.7 Å². The summed E-state index contributed by atoms with van der Waals surface area (Å²) >= 11 is 0. The first-order valence-corrected chi connectivity index (χ1v) is 17.3. The van der Waals surface area contributed by atoms with Crippen molar-refractivity contribution in [2.45, 2.75) is 62.7 Å². The molecule has 3 aromatic carbocycles. The summed E-state index contributed by atoms with van der Waals surface area (Å²) in [5, 5.41) is 14.4. The Balaban J connectivity index is 1.31. The van der Waals surface area contributed by atoms with Crippen LogP contribution in [0.1, 0.15) is 31.4 Å². The molecule has 47 heavy (non-hydrogen) atoms. The zero-order valence-electron chi connectivity index (χ0n) is 27.0. The Hall–Kier alpha value is -3.68. The monoisotopic (exact) mass is 668 g/mol. The Labute approximate surface area is 276 Å². The molecule has 0 bridgehead atoms. The highest BCUT2D eigenvalue weighted by Crippen LogP contribution is 2.33. The van der Waals surface area contributed by atoms with Gasteiger partial charge in [0.2, 0.25) is 10.0 Å². The largest absolute Gasteiger partial charge is 0.497 e. The van der Waals surface area contributed by atoms with Crippen molar-refractivity contribution in [2.24, 2.45) is 11.8 Å². The lowest BCUT2D eigenvalue weighted by Crippen LogP contribution is -2.51. The standard InChI is InChI=1S/C35H44N2O9S/c1-24(2)20-37(47(40,41)29-15-13-27(42-3)14-16-29)21-32(38)31(36-35(39)46-33-23-45-34-30(33)17-18-43-34)19-25-9-11-28(12-10-25)44-22-26-7-5-4-6-8-26/h4-16,24,30-34,38H,17-23H2,1-3H3,(H,36,39)/t30?,31-,32-,33?,34+/m0/s1. The Morgan fingerprint density at radius 1 is 0.957 bits per heavy atom. The topological polar surface area (TPSA) is 133 Å². The van der Waals surface area contributed by atoms with E-state index < -0.39 is 34.4 Å². The van der Waals surface area contributed by atoms with E-state index in [0.717, 1.165) is 17.5 Å². The molecule has 3 aromatic rings. The van der Waals surface area contributed by atoms with Crippen LogP contribution in [0.25, 0.3) is 0 Å². The van der Waals surface area contributed by atoms with Crippen molar-refractivity contribution in [2.75, 3.05) is 33.4 Å². The van der Waals surface area contributed by atoms with E-state index in [2.05, 4.69) is 5.32 Å². The summed E-state index contributed by atoms with van der Waals surface area (Å²) < 4.78 is 56.8. The number of nitrogens with zero attached hydrogens (tertiary/aromatic N) is 1. The fraction of sp³-hybridized carbons (Fsp3) is 0.457. The fourth-order valence-corrected chi connectivity index (χ4v) is 7.40. The highest BCUT2D eigenvalue weighted by molar-refractivity contribution is 7.89. The van der Waals surface area contributed by atoms with Gasteiger partial charge >= 0.3 is 6.09 Å². The highest BCUT2D eigenvalue weighted by Gasteiger charge is 2.44. The molecule has 2 N–H and O–H groups in total. The first kappa shape index (κ1) is 34.6. The molecular formula is C35H44N2O9S. The molecule has 1 amide bonds. The van der Waals surface area contributed by atoms with Gasteiger partial charge in [-0.1, -0.05) is 56.3 Å². The number of methoxy groups -OCH3 is 1. The molecular weight excluding hydrogens is 624 g/mol. The van der Waals surface area contributed by atoms with Gasteiger partial charge in [0.25, 0.3) is 0 Å². The number of fused-ring (bicyclic) bond motifs is 1. The van der Waals surface area contributed by atoms with Crippen molar-refractivity contribution in [3.8, 4) is 11.5 Å². The average Bonchev–Trinajstić information content (AvgIpc) is 3.69. The zero-order valence-corrected chi connectivity index (χ0v) is 27.8. The molecule has 254 valence electrons. The Morgan fingerprint density at radius 2 is 1.66 bits per heavy atom. The minimum absolute atomic E-state index is 0.0287. The molecule has 5 rings (SSSR count). The SMILES string of the molecule is COc1ccc(S(=O)(=O)N(CC(C)C)C[C@H](O)[C@H](Cc2ccc(OCc3ccccc3)cc2)NC(=O)OC2CO[C@H]3OCCC23)cc1. The number of hydrogen-bond donors (Lipinski definition) is 2. The van der Waals surface area contributed by atoms with E-state index in [1.54, 1.807) is 12.1 Å². The quantitative estimate of drug-likeness (QED) is 0.242. The number of ether oxygens (including phenoxy) is 5. The van der Waals surface area contributed by atoms with Crippen LogP contribution in [0.5, 0.6) is 11.5 Å². The summed E-state index contributed by atoms with van der Waals surface area (Å²) in [5.41, 5.74) is 1.85. The molecule has 2 unspecified atom stereocenters. The van der Waals surface area contributed by atoms with Crippen LogP contribution in [0.15, 0.2) is 83.8 Å². The van der Waals surface area contributed by atoms with Crippen LogP contribution in [0.4, 0.5) is 4.79 Å². The first-order chi connectivity index (χ1) is 22.6. The summed E-state index contributed by atoms with van der Waals surface area (Å²) in [6, 6.07) is 22.4. The molecule has 0 spiro atoms. The normalized spacial score (nSPS) is 20.5. The third-order valence-corrected chi connectivity index (χ3v) is 10.1. The number of aliphatic hydroxyl groups excluding tert-OH is 1. The lowest BCUT2D eigenvalue weighted by Gasteiger charge is -2.31. The number of alkyl carbamates (subject to hydrolysis) is 1. The van der Waals surface area contributed by atoms with Crippen molar-refractivity contribution >= 4 is 16.1 Å². The number of carbonyl (C=O) groups is 1. The molecule has 0 aliphatic carbocycles. The van der Waals surface area contributed by atoms with Crippen LogP contribution >= 0.6 is 0 Å². The number of rotatable bonds is 15.